The van der Waals surface area contributed by atoms with Gasteiger partial charge < -0.3 is 36.8 Å². The number of carbonyl (C=O) groups excluding carboxylic acids is 4. The first-order valence-corrected chi connectivity index (χ1v) is 14.0. The fraction of sp³-hybridized carbons (Fsp3) is 0.517. The minimum Gasteiger partial charge on any atom is -0.510 e. The van der Waals surface area contributed by atoms with Crippen molar-refractivity contribution in [3.63, 3.8) is 0 Å². The van der Waals surface area contributed by atoms with Crippen LogP contribution in [0.15, 0.2) is 28.7 Å². The first-order valence-electron chi connectivity index (χ1n) is 14.0. The van der Waals surface area contributed by atoms with E-state index in [9.17, 15) is 39.6 Å². The Balaban J connectivity index is 1.70. The van der Waals surface area contributed by atoms with E-state index in [4.69, 9.17) is 5.73 Å². The summed E-state index contributed by atoms with van der Waals surface area (Å²) >= 11 is 0. The molecule has 0 fully saturated rings. The average molecular weight is 589 g/mol. The number of aliphatic hydroxyl groups excluding tert-OH is 2. The third-order valence-corrected chi connectivity index (χ3v) is 8.43. The van der Waals surface area contributed by atoms with Crippen molar-refractivity contribution in [2.24, 2.45) is 17.6 Å². The van der Waals surface area contributed by atoms with Crippen LogP contribution in [0.25, 0.3) is 0 Å². The topological polar surface area (TPSA) is 203 Å². The molecular weight excluding hydrogens is 551 g/mol. The molecule has 8 N–H and O–H groups in total. The number of allylic oxidation sites excluding steroid dienone is 1. The van der Waals surface area contributed by atoms with Crippen molar-refractivity contribution in [3.8, 4) is 5.75 Å². The number of nitrogens with two attached hydrogens (primary N) is 1. The lowest BCUT2D eigenvalue weighted by Crippen LogP contribution is -2.63. The second-order valence-corrected chi connectivity index (χ2v) is 11.4. The number of phenolic OH excluding ortho intramolecular Hbond substituents is 1. The Bertz CT molecular complexity index is 1400. The van der Waals surface area contributed by atoms with Crippen LogP contribution in [0.5, 0.6) is 5.75 Å². The highest BCUT2D eigenvalue weighted by Gasteiger charge is 2.63. The second kappa shape index (κ2) is 11.8. The van der Waals surface area contributed by atoms with E-state index in [0.29, 0.717) is 6.54 Å². The standard InChI is InChI=1S/C29H37FN4O8/c1-4-5-6-7-8-32-12-18(35)33-17-11-16(30)14-9-13-10-15-22(34(2)3)25(38)21(28(31)41)27(40)29(15,42)26(39)19(13)24(37)20(14)23(17)36/h11,13,15,22,32,36,38-39,42H,4-10,12H2,1-3H3,(H2,31,41)(H,33,35)/t13-,15-,22-,29-/m0/s1. The van der Waals surface area contributed by atoms with Gasteiger partial charge in [-0.2, -0.15) is 0 Å². The van der Waals surface area contributed by atoms with Crippen LogP contribution in [0.2, 0.25) is 0 Å². The number of unbranched alkanes of at least 4 members (excludes halogenated alkanes) is 3. The van der Waals surface area contributed by atoms with Gasteiger partial charge in [0.2, 0.25) is 11.7 Å². The number of hydrogen-bond donors (Lipinski definition) is 7. The number of nitrogens with zero attached hydrogens (tertiary/aromatic N) is 1. The molecule has 3 aliphatic rings. The molecule has 0 heterocycles. The lowest BCUT2D eigenvalue weighted by molar-refractivity contribution is -0.148. The van der Waals surface area contributed by atoms with Gasteiger partial charge in [0.05, 0.1) is 23.8 Å². The van der Waals surface area contributed by atoms with E-state index in [1.807, 2.05) is 0 Å². The third-order valence-electron chi connectivity index (χ3n) is 8.43. The lowest BCUT2D eigenvalue weighted by atomic mass is 9.58. The summed E-state index contributed by atoms with van der Waals surface area (Å²) in [5.74, 6) is -9.77. The number of carbonyl (C=O) groups is 4. The van der Waals surface area contributed by atoms with Crippen LogP contribution >= 0.6 is 0 Å². The van der Waals surface area contributed by atoms with Gasteiger partial charge in [-0.05, 0) is 45.8 Å². The Labute approximate surface area is 242 Å². The number of likely N-dealkylation sites (N-methyl/N-ethyl adjacent to an activating group) is 1. The minimum atomic E-state index is -2.80. The van der Waals surface area contributed by atoms with Gasteiger partial charge in [-0.25, -0.2) is 4.39 Å². The number of Topliss-reactive ketones (excluding diaryl/α,β-unsaturated/α-hetero) is 2. The van der Waals surface area contributed by atoms with Crippen LogP contribution in [-0.2, 0) is 20.8 Å². The number of anilines is 1. The Hall–Kier alpha value is -3.81. The van der Waals surface area contributed by atoms with Gasteiger partial charge in [-0.3, -0.25) is 24.1 Å². The number of aliphatic hydroxyl groups is 3. The van der Waals surface area contributed by atoms with E-state index >= 15 is 4.39 Å². The summed E-state index contributed by atoms with van der Waals surface area (Å²) in [7, 11) is 3.03. The summed E-state index contributed by atoms with van der Waals surface area (Å²) in [5.41, 5.74) is 0.172. The first kappa shape index (κ1) is 31.1. The molecule has 0 aliphatic heterocycles. The van der Waals surface area contributed by atoms with Crippen molar-refractivity contribution in [1.29, 1.82) is 0 Å². The molecule has 0 radical (unpaired) electrons. The molecule has 12 nitrogen and oxygen atoms in total. The quantitative estimate of drug-likeness (QED) is 0.119. The Kier molecular flexibility index (Phi) is 8.76. The molecule has 13 heteroatoms. The molecule has 0 saturated carbocycles. The maximum absolute atomic E-state index is 15.4. The van der Waals surface area contributed by atoms with Gasteiger partial charge >= 0.3 is 0 Å². The first-order chi connectivity index (χ1) is 19.8. The molecule has 0 bridgehead atoms. The summed E-state index contributed by atoms with van der Waals surface area (Å²) < 4.78 is 15.4. The molecule has 228 valence electrons. The van der Waals surface area contributed by atoms with Crippen LogP contribution in [0, 0.1) is 17.7 Å². The summed E-state index contributed by atoms with van der Waals surface area (Å²) in [4.78, 5) is 53.0. The zero-order valence-corrected chi connectivity index (χ0v) is 23.8. The average Bonchev–Trinajstić information content (AvgIpc) is 2.90. The highest BCUT2D eigenvalue weighted by atomic mass is 19.1. The molecule has 0 unspecified atom stereocenters. The summed E-state index contributed by atoms with van der Waals surface area (Å²) in [6.45, 7) is 2.56. The maximum Gasteiger partial charge on any atom is 0.255 e. The lowest BCUT2D eigenvalue weighted by Gasteiger charge is -2.50. The molecule has 0 saturated heterocycles. The molecule has 1 aromatic rings. The monoisotopic (exact) mass is 588 g/mol. The smallest absolute Gasteiger partial charge is 0.255 e. The number of amides is 2. The van der Waals surface area contributed by atoms with Gasteiger partial charge in [0.15, 0.2) is 17.1 Å². The molecule has 4 rings (SSSR count). The van der Waals surface area contributed by atoms with Crippen molar-refractivity contribution in [2.75, 3.05) is 32.5 Å². The van der Waals surface area contributed by atoms with Gasteiger partial charge in [-0.1, -0.05) is 26.2 Å². The predicted octanol–water partition coefficient (Wildman–Crippen LogP) is 1.37. The van der Waals surface area contributed by atoms with Crippen LogP contribution in [0.4, 0.5) is 10.1 Å². The molecule has 2 amide bonds. The second-order valence-electron chi connectivity index (χ2n) is 11.4. The van der Waals surface area contributed by atoms with E-state index in [1.165, 1.54) is 19.0 Å². The van der Waals surface area contributed by atoms with Gasteiger partial charge in [0.25, 0.3) is 5.91 Å². The van der Waals surface area contributed by atoms with Crippen LogP contribution in [-0.4, -0.2) is 87.5 Å². The number of halogens is 1. The number of fused-ring (bicyclic) bond motifs is 3. The van der Waals surface area contributed by atoms with E-state index < -0.39 is 86.7 Å². The van der Waals surface area contributed by atoms with E-state index in [0.717, 1.165) is 31.7 Å². The van der Waals surface area contributed by atoms with Crippen molar-refractivity contribution in [3.05, 3.63) is 45.7 Å². The number of primary amides is 1. The fourth-order valence-electron chi connectivity index (χ4n) is 6.44. The van der Waals surface area contributed by atoms with Crippen LogP contribution in [0.3, 0.4) is 0 Å². The molecular formula is C29H37FN4O8. The van der Waals surface area contributed by atoms with Gasteiger partial charge in [0, 0.05) is 23.1 Å². The zero-order chi connectivity index (χ0) is 31.1. The molecule has 4 atom stereocenters. The van der Waals surface area contributed by atoms with Crippen molar-refractivity contribution >= 4 is 29.1 Å². The van der Waals surface area contributed by atoms with Gasteiger partial charge in [-0.15, -0.1) is 0 Å². The summed E-state index contributed by atoms with van der Waals surface area (Å²) in [6.07, 6.45) is 3.67. The Morgan fingerprint density at radius 3 is 2.48 bits per heavy atom. The predicted molar refractivity (Wildman–Crippen MR) is 149 cm³/mol. The number of hydrogen-bond acceptors (Lipinski definition) is 10. The van der Waals surface area contributed by atoms with E-state index in [-0.39, 0.29) is 30.6 Å². The van der Waals surface area contributed by atoms with Crippen molar-refractivity contribution < 1.29 is 44.0 Å². The Morgan fingerprint density at radius 2 is 1.86 bits per heavy atom. The fourth-order valence-corrected chi connectivity index (χ4v) is 6.44. The van der Waals surface area contributed by atoms with Crippen molar-refractivity contribution in [2.45, 2.75) is 57.1 Å². The van der Waals surface area contributed by atoms with E-state index in [2.05, 4.69) is 17.6 Å². The van der Waals surface area contributed by atoms with E-state index in [1.54, 1.807) is 0 Å². The summed E-state index contributed by atoms with van der Waals surface area (Å²) in [5, 5.41) is 50.1. The molecule has 42 heavy (non-hydrogen) atoms. The zero-order valence-electron chi connectivity index (χ0n) is 23.8. The number of benzene rings is 1. The number of rotatable bonds is 10. The number of aromatic hydroxyl groups is 1. The SMILES string of the molecule is CCCCCCNCC(=O)Nc1cc(F)c2c(c1O)C(=O)C1=C(O)[C@]3(O)C(=O)C(C(N)=O)=C(O)[C@@H](N(C)C)[C@@H]3C[C@@H]1C2. The highest BCUT2D eigenvalue weighted by Crippen LogP contribution is 2.53. The minimum absolute atomic E-state index is 0.113. The third kappa shape index (κ3) is 5.05. The maximum atomic E-state index is 15.4. The highest BCUT2D eigenvalue weighted by molar-refractivity contribution is 6.25. The number of nitrogens with one attached hydrogen (secondary N) is 2. The van der Waals surface area contributed by atoms with Gasteiger partial charge in [0.1, 0.15) is 22.9 Å². The normalized spacial score (nSPS) is 25.3. The molecule has 0 spiro atoms. The van der Waals surface area contributed by atoms with Crippen LogP contribution < -0.4 is 16.4 Å². The summed E-state index contributed by atoms with van der Waals surface area (Å²) in [6, 6.07) is -0.235. The molecule has 0 aromatic heterocycles. The molecule has 1 aromatic carbocycles. The largest absolute Gasteiger partial charge is 0.510 e. The number of ketones is 2. The molecule has 3 aliphatic carbocycles. The number of phenols is 1. The van der Waals surface area contributed by atoms with Crippen molar-refractivity contribution in [1.82, 2.24) is 10.2 Å². The van der Waals surface area contributed by atoms with Crippen LogP contribution in [0.1, 0.15) is 54.9 Å². The Morgan fingerprint density at radius 1 is 1.17 bits per heavy atom.